The highest BCUT2D eigenvalue weighted by Gasteiger charge is 2.16. The van der Waals surface area contributed by atoms with Crippen molar-refractivity contribution >= 4 is 22.5 Å². The third-order valence-electron chi connectivity index (χ3n) is 2.95. The number of hydrogen-bond acceptors (Lipinski definition) is 2. The molecule has 0 saturated carbocycles. The van der Waals surface area contributed by atoms with Crippen LogP contribution in [-0.4, -0.2) is 16.1 Å². The molecule has 0 atom stereocenters. The molecule has 0 bridgehead atoms. The first-order valence-corrected chi connectivity index (χ1v) is 5.93. The van der Waals surface area contributed by atoms with E-state index in [-0.39, 0.29) is 0 Å². The van der Waals surface area contributed by atoms with E-state index in [4.69, 9.17) is 0 Å². The Balaban J connectivity index is 1.90. The van der Waals surface area contributed by atoms with Gasteiger partial charge in [0.15, 0.2) is 11.6 Å². The molecule has 0 aliphatic carbocycles. The number of halogens is 3. The molecule has 0 aliphatic rings. The number of anilines is 1. The Labute approximate surface area is 116 Å². The van der Waals surface area contributed by atoms with Crippen LogP contribution in [0.2, 0.25) is 0 Å². The van der Waals surface area contributed by atoms with Gasteiger partial charge in [0.25, 0.3) is 5.91 Å². The zero-order valence-corrected chi connectivity index (χ0v) is 10.5. The zero-order chi connectivity index (χ0) is 15.0. The number of aromatic nitrogens is 2. The van der Waals surface area contributed by atoms with Gasteiger partial charge in [-0.3, -0.25) is 9.89 Å². The van der Waals surface area contributed by atoms with Gasteiger partial charge in [-0.2, -0.15) is 5.10 Å². The van der Waals surface area contributed by atoms with Crippen LogP contribution in [0.25, 0.3) is 10.9 Å². The molecular formula is C14H8F3N3O. The highest BCUT2D eigenvalue weighted by molar-refractivity contribution is 6.05. The quantitative estimate of drug-likeness (QED) is 0.712. The van der Waals surface area contributed by atoms with E-state index in [2.05, 4.69) is 15.5 Å². The molecule has 1 aromatic heterocycles. The Morgan fingerprint density at radius 3 is 2.62 bits per heavy atom. The van der Waals surface area contributed by atoms with E-state index in [1.54, 1.807) is 24.4 Å². The molecule has 0 saturated heterocycles. The first-order chi connectivity index (χ1) is 10.0. The summed E-state index contributed by atoms with van der Waals surface area (Å²) in [4.78, 5) is 11.9. The minimum absolute atomic E-state index is 0.337. The lowest BCUT2D eigenvalue weighted by atomic mass is 10.1. The average molecular weight is 291 g/mol. The van der Waals surface area contributed by atoms with Gasteiger partial charge >= 0.3 is 0 Å². The first kappa shape index (κ1) is 13.2. The lowest BCUT2D eigenvalue weighted by Gasteiger charge is -2.07. The maximum absolute atomic E-state index is 13.5. The molecule has 3 aromatic rings. The fourth-order valence-electron chi connectivity index (χ4n) is 1.92. The Morgan fingerprint density at radius 1 is 1.05 bits per heavy atom. The van der Waals surface area contributed by atoms with Gasteiger partial charge in [-0.1, -0.05) is 0 Å². The molecular weight excluding hydrogens is 283 g/mol. The Bertz CT molecular complexity index is 845. The SMILES string of the molecule is O=C(Nc1ccc2[nH]ncc2c1)c1cc(F)c(F)cc1F. The standard InChI is InChI=1S/C14H8F3N3O/c15-10-5-12(17)11(16)4-9(10)14(21)19-8-1-2-13-7(3-8)6-18-20-13/h1-6H,(H,18,20)(H,19,21). The molecule has 0 fully saturated rings. The molecule has 4 nitrogen and oxygen atoms in total. The number of nitrogens with zero attached hydrogens (tertiary/aromatic N) is 1. The fourth-order valence-corrected chi connectivity index (χ4v) is 1.92. The van der Waals surface area contributed by atoms with Crippen LogP contribution < -0.4 is 5.32 Å². The second-order valence-electron chi connectivity index (χ2n) is 4.37. The number of carbonyl (C=O) groups excluding carboxylic acids is 1. The van der Waals surface area contributed by atoms with Crippen LogP contribution in [0, 0.1) is 17.5 Å². The Morgan fingerprint density at radius 2 is 1.81 bits per heavy atom. The van der Waals surface area contributed by atoms with Crippen LogP contribution in [-0.2, 0) is 0 Å². The zero-order valence-electron chi connectivity index (χ0n) is 10.5. The number of hydrogen-bond donors (Lipinski definition) is 2. The van der Waals surface area contributed by atoms with E-state index in [9.17, 15) is 18.0 Å². The van der Waals surface area contributed by atoms with Crippen molar-refractivity contribution in [3.63, 3.8) is 0 Å². The minimum atomic E-state index is -1.34. The van der Waals surface area contributed by atoms with Crippen LogP contribution in [0.4, 0.5) is 18.9 Å². The third kappa shape index (κ3) is 2.45. The number of amides is 1. The highest BCUT2D eigenvalue weighted by Crippen LogP contribution is 2.19. The van der Waals surface area contributed by atoms with Gasteiger partial charge in [0, 0.05) is 17.1 Å². The maximum atomic E-state index is 13.5. The summed E-state index contributed by atoms with van der Waals surface area (Å²) in [6, 6.07) is 5.74. The van der Waals surface area contributed by atoms with Gasteiger partial charge in [-0.25, -0.2) is 13.2 Å². The van der Waals surface area contributed by atoms with E-state index in [0.29, 0.717) is 17.8 Å². The van der Waals surface area contributed by atoms with Gasteiger partial charge in [0.1, 0.15) is 5.82 Å². The van der Waals surface area contributed by atoms with Crippen LogP contribution in [0.3, 0.4) is 0 Å². The predicted octanol–water partition coefficient (Wildman–Crippen LogP) is 3.23. The van der Waals surface area contributed by atoms with Crippen molar-refractivity contribution in [1.29, 1.82) is 0 Å². The number of fused-ring (bicyclic) bond motifs is 1. The molecule has 21 heavy (non-hydrogen) atoms. The fraction of sp³-hybridized carbons (Fsp3) is 0. The number of H-pyrrole nitrogens is 1. The van der Waals surface area contributed by atoms with Crippen molar-refractivity contribution in [3.05, 3.63) is 59.5 Å². The summed E-state index contributed by atoms with van der Waals surface area (Å²) in [6.45, 7) is 0. The molecule has 1 heterocycles. The summed E-state index contributed by atoms with van der Waals surface area (Å²) in [6.07, 6.45) is 1.56. The van der Waals surface area contributed by atoms with Gasteiger partial charge in [0.05, 0.1) is 17.3 Å². The molecule has 2 N–H and O–H groups in total. The smallest absolute Gasteiger partial charge is 0.258 e. The van der Waals surface area contributed by atoms with Crippen molar-refractivity contribution < 1.29 is 18.0 Å². The van der Waals surface area contributed by atoms with Crippen molar-refractivity contribution in [2.24, 2.45) is 0 Å². The average Bonchev–Trinajstić information content (AvgIpc) is 2.90. The summed E-state index contributed by atoms with van der Waals surface area (Å²) in [5.41, 5.74) is 0.589. The topological polar surface area (TPSA) is 57.8 Å². The van der Waals surface area contributed by atoms with Crippen molar-refractivity contribution in [3.8, 4) is 0 Å². The van der Waals surface area contributed by atoms with Crippen molar-refractivity contribution in [1.82, 2.24) is 10.2 Å². The van der Waals surface area contributed by atoms with Gasteiger partial charge in [-0.15, -0.1) is 0 Å². The summed E-state index contributed by atoms with van der Waals surface area (Å²) in [5.74, 6) is -4.62. The summed E-state index contributed by atoms with van der Waals surface area (Å²) < 4.78 is 39.4. The molecule has 106 valence electrons. The molecule has 0 radical (unpaired) electrons. The predicted molar refractivity (Wildman–Crippen MR) is 70.4 cm³/mol. The largest absolute Gasteiger partial charge is 0.322 e. The van der Waals surface area contributed by atoms with Gasteiger partial charge in [0.2, 0.25) is 0 Å². The van der Waals surface area contributed by atoms with E-state index >= 15 is 0 Å². The second kappa shape index (κ2) is 4.93. The van der Waals surface area contributed by atoms with E-state index in [1.807, 2.05) is 0 Å². The number of nitrogens with one attached hydrogen (secondary N) is 2. The molecule has 2 aromatic carbocycles. The van der Waals surface area contributed by atoms with Gasteiger partial charge < -0.3 is 5.32 Å². The van der Waals surface area contributed by atoms with Gasteiger partial charge in [-0.05, 0) is 24.3 Å². The summed E-state index contributed by atoms with van der Waals surface area (Å²) in [7, 11) is 0. The number of rotatable bonds is 2. The molecule has 1 amide bonds. The lowest BCUT2D eigenvalue weighted by molar-refractivity contribution is 0.102. The van der Waals surface area contributed by atoms with Crippen molar-refractivity contribution in [2.45, 2.75) is 0 Å². The third-order valence-corrected chi connectivity index (χ3v) is 2.95. The normalized spacial score (nSPS) is 10.8. The van der Waals surface area contributed by atoms with E-state index in [0.717, 1.165) is 10.9 Å². The molecule has 0 unspecified atom stereocenters. The van der Waals surface area contributed by atoms with Crippen LogP contribution in [0.15, 0.2) is 36.5 Å². The molecule has 0 aliphatic heterocycles. The summed E-state index contributed by atoms with van der Waals surface area (Å²) >= 11 is 0. The molecule has 7 heteroatoms. The Kier molecular flexibility index (Phi) is 3.09. The van der Waals surface area contributed by atoms with E-state index in [1.165, 1.54) is 0 Å². The van der Waals surface area contributed by atoms with E-state index < -0.39 is 28.9 Å². The number of aromatic amines is 1. The van der Waals surface area contributed by atoms with Crippen LogP contribution in [0.5, 0.6) is 0 Å². The summed E-state index contributed by atoms with van der Waals surface area (Å²) in [5, 5.41) is 9.73. The highest BCUT2D eigenvalue weighted by atomic mass is 19.2. The molecule has 3 rings (SSSR count). The number of benzene rings is 2. The lowest BCUT2D eigenvalue weighted by Crippen LogP contribution is -2.14. The van der Waals surface area contributed by atoms with Crippen molar-refractivity contribution in [2.75, 3.05) is 5.32 Å². The van der Waals surface area contributed by atoms with Crippen LogP contribution >= 0.6 is 0 Å². The maximum Gasteiger partial charge on any atom is 0.258 e. The Hall–Kier alpha value is -2.83. The van der Waals surface area contributed by atoms with Crippen LogP contribution in [0.1, 0.15) is 10.4 Å². The second-order valence-corrected chi connectivity index (χ2v) is 4.37. The minimum Gasteiger partial charge on any atom is -0.322 e. The number of carbonyl (C=O) groups is 1. The molecule has 0 spiro atoms. The first-order valence-electron chi connectivity index (χ1n) is 5.93. The monoisotopic (exact) mass is 291 g/mol.